The topological polar surface area (TPSA) is 58.9 Å². The summed E-state index contributed by atoms with van der Waals surface area (Å²) >= 11 is 0. The molecule has 0 saturated heterocycles. The molecule has 1 N–H and O–H groups in total. The Morgan fingerprint density at radius 2 is 2.00 bits per heavy atom. The molecule has 24 heavy (non-hydrogen) atoms. The molecule has 0 fully saturated rings. The van der Waals surface area contributed by atoms with Crippen LogP contribution in [0, 0.1) is 0 Å². The van der Waals surface area contributed by atoms with Crippen molar-refractivity contribution in [3.63, 3.8) is 0 Å². The third-order valence-corrected chi connectivity index (χ3v) is 4.36. The molecule has 1 aliphatic rings. The lowest BCUT2D eigenvalue weighted by atomic mass is 10.2. The van der Waals surface area contributed by atoms with Gasteiger partial charge in [-0.15, -0.1) is 0 Å². The van der Waals surface area contributed by atoms with Crippen molar-refractivity contribution in [1.29, 1.82) is 0 Å². The summed E-state index contributed by atoms with van der Waals surface area (Å²) in [6.45, 7) is 4.71. The minimum absolute atomic E-state index is 0.846. The third-order valence-electron chi connectivity index (χ3n) is 4.36. The van der Waals surface area contributed by atoms with Gasteiger partial charge in [0, 0.05) is 38.6 Å². The predicted octanol–water partition coefficient (Wildman–Crippen LogP) is 1.95. The standard InChI is InChI=1S/C18H22N6/c1-23(12-14-3-4-17-18(9-14)21-7-6-20-17)13-15-10-16-11-19-5-2-8-24(16)22-15/h3-4,6-7,9-10,19H,2,5,8,11-13H2,1H3. The number of hydrogen-bond donors (Lipinski definition) is 1. The fourth-order valence-electron chi connectivity index (χ4n) is 3.25. The Hall–Kier alpha value is -2.31. The first-order valence-corrected chi connectivity index (χ1v) is 8.42. The molecule has 6 nitrogen and oxygen atoms in total. The van der Waals surface area contributed by atoms with E-state index >= 15 is 0 Å². The van der Waals surface area contributed by atoms with Crippen LogP contribution in [0.25, 0.3) is 11.0 Å². The molecule has 2 aromatic heterocycles. The molecule has 0 atom stereocenters. The minimum atomic E-state index is 0.846. The number of aryl methyl sites for hydroxylation is 1. The van der Waals surface area contributed by atoms with E-state index in [4.69, 9.17) is 5.10 Å². The fourth-order valence-corrected chi connectivity index (χ4v) is 3.25. The van der Waals surface area contributed by atoms with Crippen LogP contribution < -0.4 is 5.32 Å². The molecule has 3 aromatic rings. The van der Waals surface area contributed by atoms with Crippen molar-refractivity contribution in [2.24, 2.45) is 0 Å². The largest absolute Gasteiger partial charge is 0.311 e. The van der Waals surface area contributed by atoms with Crippen LogP contribution in [-0.2, 0) is 26.2 Å². The summed E-state index contributed by atoms with van der Waals surface area (Å²) in [5, 5.41) is 8.19. The van der Waals surface area contributed by atoms with E-state index in [-0.39, 0.29) is 0 Å². The van der Waals surface area contributed by atoms with Crippen molar-refractivity contribution in [2.75, 3.05) is 13.6 Å². The summed E-state index contributed by atoms with van der Waals surface area (Å²) in [7, 11) is 2.13. The lowest BCUT2D eigenvalue weighted by Gasteiger charge is -2.15. The molecule has 3 heterocycles. The highest BCUT2D eigenvalue weighted by Crippen LogP contribution is 2.14. The molecule has 1 aromatic carbocycles. The summed E-state index contributed by atoms with van der Waals surface area (Å²) in [5.41, 5.74) is 5.55. The number of aromatic nitrogens is 4. The van der Waals surface area contributed by atoms with Gasteiger partial charge >= 0.3 is 0 Å². The maximum atomic E-state index is 4.75. The second-order valence-corrected chi connectivity index (χ2v) is 6.43. The first-order valence-electron chi connectivity index (χ1n) is 8.42. The lowest BCUT2D eigenvalue weighted by Crippen LogP contribution is -2.18. The molecule has 0 amide bonds. The first-order chi connectivity index (χ1) is 11.8. The second kappa shape index (κ2) is 6.67. The van der Waals surface area contributed by atoms with E-state index in [1.807, 2.05) is 6.07 Å². The van der Waals surface area contributed by atoms with Crippen LogP contribution in [0.4, 0.5) is 0 Å². The van der Waals surface area contributed by atoms with Gasteiger partial charge in [0.05, 0.1) is 22.4 Å². The Morgan fingerprint density at radius 1 is 1.12 bits per heavy atom. The monoisotopic (exact) mass is 322 g/mol. The van der Waals surface area contributed by atoms with Crippen LogP contribution >= 0.6 is 0 Å². The summed E-state index contributed by atoms with van der Waals surface area (Å²) in [4.78, 5) is 11.0. The molecule has 124 valence electrons. The average Bonchev–Trinajstić information content (AvgIpc) is 2.82. The maximum Gasteiger partial charge on any atom is 0.0890 e. The molecular formula is C18H22N6. The van der Waals surface area contributed by atoms with Crippen molar-refractivity contribution >= 4 is 11.0 Å². The van der Waals surface area contributed by atoms with Crippen molar-refractivity contribution in [1.82, 2.24) is 30.0 Å². The molecule has 0 bridgehead atoms. The zero-order valence-electron chi connectivity index (χ0n) is 13.9. The maximum absolute atomic E-state index is 4.75. The van der Waals surface area contributed by atoms with E-state index in [0.717, 1.165) is 55.9 Å². The van der Waals surface area contributed by atoms with E-state index < -0.39 is 0 Å². The molecule has 0 aliphatic carbocycles. The van der Waals surface area contributed by atoms with Crippen LogP contribution in [0.3, 0.4) is 0 Å². The van der Waals surface area contributed by atoms with Crippen molar-refractivity contribution in [3.8, 4) is 0 Å². The molecule has 0 unspecified atom stereocenters. The summed E-state index contributed by atoms with van der Waals surface area (Å²) in [6, 6.07) is 8.50. The minimum Gasteiger partial charge on any atom is -0.311 e. The number of nitrogens with zero attached hydrogens (tertiary/aromatic N) is 5. The van der Waals surface area contributed by atoms with Crippen molar-refractivity contribution in [2.45, 2.75) is 32.6 Å². The Kier molecular flexibility index (Phi) is 4.23. The van der Waals surface area contributed by atoms with Gasteiger partial charge in [-0.2, -0.15) is 5.10 Å². The molecule has 6 heteroatoms. The number of fused-ring (bicyclic) bond motifs is 2. The summed E-state index contributed by atoms with van der Waals surface area (Å²) in [6.07, 6.45) is 4.61. The number of benzene rings is 1. The van der Waals surface area contributed by atoms with Gasteiger partial charge < -0.3 is 5.32 Å². The van der Waals surface area contributed by atoms with E-state index in [1.165, 1.54) is 11.3 Å². The van der Waals surface area contributed by atoms with Gasteiger partial charge in [0.2, 0.25) is 0 Å². The molecule has 0 saturated carbocycles. The van der Waals surface area contributed by atoms with Gasteiger partial charge in [0.1, 0.15) is 0 Å². The van der Waals surface area contributed by atoms with Gasteiger partial charge in [-0.1, -0.05) is 6.07 Å². The van der Waals surface area contributed by atoms with Crippen LogP contribution in [0.2, 0.25) is 0 Å². The zero-order chi connectivity index (χ0) is 16.4. The Bertz CT molecular complexity index is 817. The first kappa shape index (κ1) is 15.2. The molecule has 0 spiro atoms. The quantitative estimate of drug-likeness (QED) is 0.795. The summed E-state index contributed by atoms with van der Waals surface area (Å²) in [5.74, 6) is 0. The van der Waals surface area contributed by atoms with E-state index in [9.17, 15) is 0 Å². The Morgan fingerprint density at radius 3 is 2.92 bits per heavy atom. The van der Waals surface area contributed by atoms with E-state index in [1.54, 1.807) is 12.4 Å². The van der Waals surface area contributed by atoms with Gasteiger partial charge in [-0.25, -0.2) is 0 Å². The highest BCUT2D eigenvalue weighted by molar-refractivity contribution is 5.74. The zero-order valence-corrected chi connectivity index (χ0v) is 13.9. The predicted molar refractivity (Wildman–Crippen MR) is 93.3 cm³/mol. The van der Waals surface area contributed by atoms with Crippen LogP contribution in [0.15, 0.2) is 36.7 Å². The Labute approximate surface area is 141 Å². The smallest absolute Gasteiger partial charge is 0.0890 e. The summed E-state index contributed by atoms with van der Waals surface area (Å²) < 4.78 is 2.15. The lowest BCUT2D eigenvalue weighted by molar-refractivity contribution is 0.313. The number of hydrogen-bond acceptors (Lipinski definition) is 5. The fraction of sp³-hybridized carbons (Fsp3) is 0.389. The van der Waals surface area contributed by atoms with Gasteiger partial charge in [-0.3, -0.25) is 19.5 Å². The van der Waals surface area contributed by atoms with Gasteiger partial charge in [0.15, 0.2) is 0 Å². The highest BCUT2D eigenvalue weighted by atomic mass is 15.3. The molecule has 0 radical (unpaired) electrons. The van der Waals surface area contributed by atoms with Crippen molar-refractivity contribution < 1.29 is 0 Å². The normalized spacial score (nSPS) is 14.8. The van der Waals surface area contributed by atoms with E-state index in [2.05, 4.69) is 50.1 Å². The highest BCUT2D eigenvalue weighted by Gasteiger charge is 2.12. The Balaban J connectivity index is 1.45. The molecule has 1 aliphatic heterocycles. The van der Waals surface area contributed by atoms with Crippen LogP contribution in [0.5, 0.6) is 0 Å². The van der Waals surface area contributed by atoms with Crippen molar-refractivity contribution in [3.05, 3.63) is 53.6 Å². The van der Waals surface area contributed by atoms with Gasteiger partial charge in [-0.05, 0) is 43.8 Å². The van der Waals surface area contributed by atoms with Crippen LogP contribution in [-0.4, -0.2) is 38.2 Å². The number of rotatable bonds is 4. The third kappa shape index (κ3) is 3.29. The van der Waals surface area contributed by atoms with Crippen LogP contribution in [0.1, 0.15) is 23.4 Å². The van der Waals surface area contributed by atoms with Gasteiger partial charge in [0.25, 0.3) is 0 Å². The number of nitrogens with one attached hydrogen (secondary N) is 1. The van der Waals surface area contributed by atoms with E-state index in [0.29, 0.717) is 0 Å². The molecule has 4 rings (SSSR count). The SMILES string of the molecule is CN(Cc1ccc2nccnc2c1)Cc1cc2n(n1)CCCNC2. The second-order valence-electron chi connectivity index (χ2n) is 6.43. The average molecular weight is 322 g/mol. The molecular weight excluding hydrogens is 300 g/mol.